The third kappa shape index (κ3) is 4.86. The lowest BCUT2D eigenvalue weighted by Gasteiger charge is -2.10. The number of ether oxygens (including phenoxy) is 1. The highest BCUT2D eigenvalue weighted by atomic mass is 16.5. The van der Waals surface area contributed by atoms with E-state index in [1.807, 2.05) is 55.5 Å². The summed E-state index contributed by atoms with van der Waals surface area (Å²) >= 11 is 0. The van der Waals surface area contributed by atoms with E-state index in [0.29, 0.717) is 18.0 Å². The molecule has 0 fully saturated rings. The summed E-state index contributed by atoms with van der Waals surface area (Å²) in [4.78, 5) is 12.2. The van der Waals surface area contributed by atoms with Gasteiger partial charge < -0.3 is 15.4 Å². The van der Waals surface area contributed by atoms with Crippen molar-refractivity contribution in [3.8, 4) is 5.75 Å². The van der Waals surface area contributed by atoms with Crippen molar-refractivity contribution in [2.75, 3.05) is 23.8 Å². The van der Waals surface area contributed by atoms with Crippen LogP contribution in [0.1, 0.15) is 6.92 Å². The summed E-state index contributed by atoms with van der Waals surface area (Å²) in [6.07, 6.45) is 0. The average molecular weight is 346 g/mol. The van der Waals surface area contributed by atoms with Crippen molar-refractivity contribution in [2.24, 2.45) is 0 Å². The zero-order chi connectivity index (χ0) is 18.4. The lowest BCUT2D eigenvalue weighted by molar-refractivity contribution is -0.114. The summed E-state index contributed by atoms with van der Waals surface area (Å²) < 4.78 is 5.59. The average Bonchev–Trinajstić information content (AvgIpc) is 2.65. The molecular weight excluding hydrogens is 324 g/mol. The van der Waals surface area contributed by atoms with Crippen LogP contribution in [0.15, 0.2) is 78.9 Å². The van der Waals surface area contributed by atoms with Crippen LogP contribution >= 0.6 is 0 Å². The number of hydrogen-bond donors (Lipinski definition) is 2. The second-order valence-electron chi connectivity index (χ2n) is 6.24. The Balaban J connectivity index is 1.56. The van der Waals surface area contributed by atoms with Crippen molar-refractivity contribution < 1.29 is 9.53 Å². The molecule has 2 N–H and O–H groups in total. The SMILES string of the molecule is C=C(C)COc1cccc(NC(=O)CNc2ccc3ccccc3c2)c1. The number of anilines is 2. The highest BCUT2D eigenvalue weighted by molar-refractivity contribution is 5.94. The Morgan fingerprint density at radius 1 is 0.962 bits per heavy atom. The van der Waals surface area contributed by atoms with Gasteiger partial charge in [-0.1, -0.05) is 43.0 Å². The molecule has 4 nitrogen and oxygen atoms in total. The minimum absolute atomic E-state index is 0.116. The van der Waals surface area contributed by atoms with Crippen LogP contribution in [0.25, 0.3) is 10.8 Å². The van der Waals surface area contributed by atoms with Crippen LogP contribution in [0.3, 0.4) is 0 Å². The molecule has 0 bridgehead atoms. The molecule has 0 radical (unpaired) electrons. The lowest BCUT2D eigenvalue weighted by atomic mass is 10.1. The molecule has 0 aliphatic heterocycles. The first-order valence-electron chi connectivity index (χ1n) is 8.50. The van der Waals surface area contributed by atoms with Gasteiger partial charge in [0.25, 0.3) is 0 Å². The monoisotopic (exact) mass is 346 g/mol. The van der Waals surface area contributed by atoms with E-state index in [0.717, 1.165) is 16.6 Å². The molecular formula is C22H22N2O2. The molecule has 0 aliphatic rings. The van der Waals surface area contributed by atoms with Crippen molar-refractivity contribution in [1.82, 2.24) is 0 Å². The van der Waals surface area contributed by atoms with Crippen molar-refractivity contribution in [3.05, 3.63) is 78.9 Å². The molecule has 0 saturated heterocycles. The number of nitrogens with one attached hydrogen (secondary N) is 2. The summed E-state index contributed by atoms with van der Waals surface area (Å²) in [5, 5.41) is 8.34. The Labute approximate surface area is 153 Å². The lowest BCUT2D eigenvalue weighted by Crippen LogP contribution is -2.21. The van der Waals surface area contributed by atoms with Gasteiger partial charge in [-0.25, -0.2) is 0 Å². The van der Waals surface area contributed by atoms with Crippen LogP contribution < -0.4 is 15.4 Å². The predicted molar refractivity (Wildman–Crippen MR) is 108 cm³/mol. The minimum Gasteiger partial charge on any atom is -0.489 e. The summed E-state index contributed by atoms with van der Waals surface area (Å²) in [5.41, 5.74) is 2.56. The van der Waals surface area contributed by atoms with E-state index >= 15 is 0 Å². The van der Waals surface area contributed by atoms with Gasteiger partial charge in [0.2, 0.25) is 5.91 Å². The summed E-state index contributed by atoms with van der Waals surface area (Å²) in [6.45, 7) is 6.37. The van der Waals surface area contributed by atoms with Crippen LogP contribution in [-0.2, 0) is 4.79 Å². The van der Waals surface area contributed by atoms with Crippen molar-refractivity contribution in [3.63, 3.8) is 0 Å². The van der Waals surface area contributed by atoms with Gasteiger partial charge in [0.05, 0.1) is 6.54 Å². The normalized spacial score (nSPS) is 10.3. The van der Waals surface area contributed by atoms with Crippen LogP contribution in [0.2, 0.25) is 0 Å². The van der Waals surface area contributed by atoms with Gasteiger partial charge in [-0.15, -0.1) is 0 Å². The number of carbonyl (C=O) groups is 1. The number of hydrogen-bond acceptors (Lipinski definition) is 3. The van der Waals surface area contributed by atoms with E-state index in [2.05, 4.69) is 29.3 Å². The second-order valence-corrected chi connectivity index (χ2v) is 6.24. The maximum atomic E-state index is 12.2. The molecule has 3 aromatic rings. The third-order valence-electron chi connectivity index (χ3n) is 3.81. The zero-order valence-electron chi connectivity index (χ0n) is 14.8. The zero-order valence-corrected chi connectivity index (χ0v) is 14.8. The second kappa shape index (κ2) is 8.21. The Kier molecular flexibility index (Phi) is 5.54. The van der Waals surface area contributed by atoms with Gasteiger partial charge in [0, 0.05) is 17.4 Å². The predicted octanol–water partition coefficient (Wildman–Crippen LogP) is 4.85. The van der Waals surface area contributed by atoms with Crippen LogP contribution in [0.4, 0.5) is 11.4 Å². The maximum absolute atomic E-state index is 12.2. The number of carbonyl (C=O) groups excluding carboxylic acids is 1. The van der Waals surface area contributed by atoms with Crippen molar-refractivity contribution in [2.45, 2.75) is 6.92 Å². The summed E-state index contributed by atoms with van der Waals surface area (Å²) in [6, 6.07) is 21.5. The topological polar surface area (TPSA) is 50.4 Å². The van der Waals surface area contributed by atoms with Gasteiger partial charge in [0.15, 0.2) is 0 Å². The van der Waals surface area contributed by atoms with E-state index < -0.39 is 0 Å². The first-order valence-corrected chi connectivity index (χ1v) is 8.50. The van der Waals surface area contributed by atoms with Gasteiger partial charge in [-0.05, 0) is 47.5 Å². The first kappa shape index (κ1) is 17.5. The highest BCUT2D eigenvalue weighted by Crippen LogP contribution is 2.19. The Hall–Kier alpha value is -3.27. The molecule has 1 amide bonds. The number of fused-ring (bicyclic) bond motifs is 1. The quantitative estimate of drug-likeness (QED) is 0.602. The Morgan fingerprint density at radius 2 is 1.77 bits per heavy atom. The number of benzene rings is 3. The maximum Gasteiger partial charge on any atom is 0.243 e. The smallest absolute Gasteiger partial charge is 0.243 e. The fourth-order valence-electron chi connectivity index (χ4n) is 2.56. The third-order valence-corrected chi connectivity index (χ3v) is 3.81. The van der Waals surface area contributed by atoms with Gasteiger partial charge in [0.1, 0.15) is 12.4 Å². The molecule has 0 aliphatic carbocycles. The molecule has 0 aromatic heterocycles. The number of amides is 1. The van der Waals surface area contributed by atoms with Gasteiger partial charge in [-0.3, -0.25) is 4.79 Å². The largest absolute Gasteiger partial charge is 0.489 e. The molecule has 0 unspecified atom stereocenters. The minimum atomic E-state index is -0.116. The standard InChI is InChI=1S/C22H22N2O2/c1-16(2)15-26-21-9-5-8-20(13-21)24-22(25)14-23-19-11-10-17-6-3-4-7-18(17)12-19/h3-13,23H,1,14-15H2,2H3,(H,24,25). The molecule has 0 atom stereocenters. The Bertz CT molecular complexity index is 934. The van der Waals surface area contributed by atoms with Crippen LogP contribution in [0.5, 0.6) is 5.75 Å². The molecule has 4 heteroatoms. The summed E-state index contributed by atoms with van der Waals surface area (Å²) in [5.74, 6) is 0.587. The Morgan fingerprint density at radius 3 is 2.58 bits per heavy atom. The summed E-state index contributed by atoms with van der Waals surface area (Å²) in [7, 11) is 0. The first-order chi connectivity index (χ1) is 12.6. The molecule has 3 aromatic carbocycles. The molecule has 0 spiro atoms. The van der Waals surface area contributed by atoms with E-state index in [4.69, 9.17) is 4.74 Å². The van der Waals surface area contributed by atoms with E-state index in [1.54, 1.807) is 6.07 Å². The highest BCUT2D eigenvalue weighted by Gasteiger charge is 2.04. The number of rotatable bonds is 7. The van der Waals surface area contributed by atoms with Crippen molar-refractivity contribution in [1.29, 1.82) is 0 Å². The van der Waals surface area contributed by atoms with Gasteiger partial charge in [-0.2, -0.15) is 0 Å². The fraction of sp³-hybridized carbons (Fsp3) is 0.136. The van der Waals surface area contributed by atoms with E-state index in [9.17, 15) is 4.79 Å². The molecule has 0 saturated carbocycles. The molecule has 132 valence electrons. The fourth-order valence-corrected chi connectivity index (χ4v) is 2.56. The van der Waals surface area contributed by atoms with Gasteiger partial charge >= 0.3 is 0 Å². The van der Waals surface area contributed by atoms with Crippen LogP contribution in [0, 0.1) is 0 Å². The van der Waals surface area contributed by atoms with Crippen molar-refractivity contribution >= 4 is 28.1 Å². The molecule has 3 rings (SSSR count). The van der Waals surface area contributed by atoms with Crippen LogP contribution in [-0.4, -0.2) is 19.1 Å². The molecule has 26 heavy (non-hydrogen) atoms. The van der Waals surface area contributed by atoms with E-state index in [1.165, 1.54) is 5.39 Å². The van der Waals surface area contributed by atoms with E-state index in [-0.39, 0.29) is 12.5 Å². The molecule has 0 heterocycles.